The number of carbonyl (C=O) groups is 3. The van der Waals surface area contributed by atoms with Crippen molar-refractivity contribution >= 4 is 17.6 Å². The largest absolute Gasteiger partial charge is 0.348 e. The van der Waals surface area contributed by atoms with E-state index >= 15 is 0 Å². The number of aromatic nitrogens is 1. The average molecular weight is 390 g/mol. The van der Waals surface area contributed by atoms with Crippen molar-refractivity contribution in [2.75, 3.05) is 6.54 Å². The summed E-state index contributed by atoms with van der Waals surface area (Å²) in [6, 6.07) is 12.1. The summed E-state index contributed by atoms with van der Waals surface area (Å²) in [6.45, 7) is 4.55. The summed E-state index contributed by atoms with van der Waals surface area (Å²) in [5.41, 5.74) is 3.75. The number of aryl methyl sites for hydroxylation is 2. The Bertz CT molecular complexity index is 961. The molecule has 2 atom stereocenters. The number of hydrogen-bond acceptors (Lipinski definition) is 3. The molecule has 2 aliphatic rings. The van der Waals surface area contributed by atoms with Gasteiger partial charge < -0.3 is 4.57 Å². The van der Waals surface area contributed by atoms with Crippen LogP contribution >= 0.6 is 0 Å². The summed E-state index contributed by atoms with van der Waals surface area (Å²) in [5.74, 6) is -1.15. The van der Waals surface area contributed by atoms with Crippen molar-refractivity contribution in [3.8, 4) is 0 Å². The smallest absolute Gasteiger partial charge is 0.233 e. The van der Waals surface area contributed by atoms with E-state index in [1.54, 1.807) is 0 Å². The van der Waals surface area contributed by atoms with Gasteiger partial charge in [0.25, 0.3) is 0 Å². The Balaban J connectivity index is 1.48. The topological polar surface area (TPSA) is 59.4 Å². The molecule has 150 valence electrons. The lowest BCUT2D eigenvalue weighted by Crippen LogP contribution is -2.36. The zero-order valence-corrected chi connectivity index (χ0v) is 16.9. The van der Waals surface area contributed by atoms with Gasteiger partial charge in [-0.15, -0.1) is 0 Å². The molecule has 1 aromatic carbocycles. The number of benzene rings is 1. The van der Waals surface area contributed by atoms with Gasteiger partial charge in [0.1, 0.15) is 0 Å². The third-order valence-corrected chi connectivity index (χ3v) is 6.24. The minimum Gasteiger partial charge on any atom is -0.348 e. The highest BCUT2D eigenvalue weighted by molar-refractivity contribution is 6.10. The van der Waals surface area contributed by atoms with Gasteiger partial charge in [-0.05, 0) is 44.7 Å². The second-order valence-electron chi connectivity index (χ2n) is 8.01. The number of likely N-dealkylation sites (tertiary alicyclic amines) is 1. The lowest BCUT2D eigenvalue weighted by molar-refractivity contribution is -0.139. The highest BCUT2D eigenvalue weighted by Gasteiger charge is 2.47. The molecule has 1 aromatic heterocycles. The minimum absolute atomic E-state index is 0.159. The summed E-state index contributed by atoms with van der Waals surface area (Å²) in [6.07, 6.45) is 5.97. The number of fused-ring (bicyclic) bond motifs is 1. The molecule has 0 N–H and O–H groups in total. The summed E-state index contributed by atoms with van der Waals surface area (Å²) in [5, 5.41) is 0. The Morgan fingerprint density at radius 3 is 2.24 bits per heavy atom. The first-order chi connectivity index (χ1) is 14.0. The molecule has 0 spiro atoms. The second-order valence-corrected chi connectivity index (χ2v) is 8.01. The molecule has 0 saturated carbocycles. The first-order valence-electron chi connectivity index (χ1n) is 10.2. The van der Waals surface area contributed by atoms with E-state index in [2.05, 4.69) is 16.7 Å². The van der Waals surface area contributed by atoms with E-state index in [1.807, 2.05) is 50.3 Å². The van der Waals surface area contributed by atoms with Crippen LogP contribution in [0, 0.1) is 25.7 Å². The average Bonchev–Trinajstić information content (AvgIpc) is 3.15. The third-order valence-electron chi connectivity index (χ3n) is 6.24. The number of ketones is 1. The van der Waals surface area contributed by atoms with Crippen molar-refractivity contribution in [2.45, 2.75) is 39.7 Å². The predicted octanol–water partition coefficient (Wildman–Crippen LogP) is 3.48. The van der Waals surface area contributed by atoms with Crippen LogP contribution in [0.15, 0.2) is 48.6 Å². The Morgan fingerprint density at radius 2 is 1.62 bits per heavy atom. The zero-order valence-electron chi connectivity index (χ0n) is 16.9. The van der Waals surface area contributed by atoms with Gasteiger partial charge in [0, 0.05) is 23.5 Å². The van der Waals surface area contributed by atoms with Gasteiger partial charge in [0.05, 0.1) is 18.4 Å². The maximum absolute atomic E-state index is 13.0. The molecule has 2 heterocycles. The molecular formula is C24H26N2O3. The van der Waals surface area contributed by atoms with Crippen molar-refractivity contribution in [1.82, 2.24) is 9.47 Å². The fourth-order valence-corrected chi connectivity index (χ4v) is 4.57. The molecule has 1 saturated heterocycles. The number of nitrogens with zero attached hydrogens (tertiary/aromatic N) is 2. The van der Waals surface area contributed by atoms with E-state index in [4.69, 9.17) is 0 Å². The molecular weight excluding hydrogens is 364 g/mol. The van der Waals surface area contributed by atoms with E-state index in [9.17, 15) is 14.4 Å². The fourth-order valence-electron chi connectivity index (χ4n) is 4.57. The van der Waals surface area contributed by atoms with Crippen LogP contribution in [0.25, 0.3) is 0 Å². The number of amides is 2. The van der Waals surface area contributed by atoms with Gasteiger partial charge in [-0.3, -0.25) is 19.3 Å². The molecule has 0 unspecified atom stereocenters. The number of allylic oxidation sites excluding steroid dienone is 2. The number of carbonyl (C=O) groups excluding carboxylic acids is 3. The van der Waals surface area contributed by atoms with E-state index in [0.717, 1.165) is 24.4 Å². The van der Waals surface area contributed by atoms with Gasteiger partial charge in [-0.25, -0.2) is 0 Å². The molecule has 4 rings (SSSR count). The molecule has 1 aliphatic carbocycles. The molecule has 0 bridgehead atoms. The van der Waals surface area contributed by atoms with E-state index < -0.39 is 0 Å². The van der Waals surface area contributed by atoms with E-state index in [0.29, 0.717) is 18.4 Å². The first-order valence-corrected chi connectivity index (χ1v) is 10.2. The number of rotatable bonds is 6. The number of hydrogen-bond donors (Lipinski definition) is 0. The lowest BCUT2D eigenvalue weighted by Gasteiger charge is -2.14. The maximum Gasteiger partial charge on any atom is 0.233 e. The van der Waals surface area contributed by atoms with Gasteiger partial charge in [0.15, 0.2) is 5.78 Å². The Kier molecular flexibility index (Phi) is 5.22. The van der Waals surface area contributed by atoms with Crippen molar-refractivity contribution in [3.63, 3.8) is 0 Å². The Labute approximate surface area is 171 Å². The third kappa shape index (κ3) is 3.57. The molecule has 5 heteroatoms. The van der Waals surface area contributed by atoms with Gasteiger partial charge in [0.2, 0.25) is 11.8 Å². The van der Waals surface area contributed by atoms with Gasteiger partial charge in [-0.1, -0.05) is 42.5 Å². The summed E-state index contributed by atoms with van der Waals surface area (Å²) in [4.78, 5) is 39.5. The summed E-state index contributed by atoms with van der Waals surface area (Å²) < 4.78 is 2.14. The quantitative estimate of drug-likeness (QED) is 0.431. The van der Waals surface area contributed by atoms with Crippen molar-refractivity contribution < 1.29 is 14.4 Å². The second kappa shape index (κ2) is 7.82. The maximum atomic E-state index is 13.0. The van der Waals surface area contributed by atoms with Gasteiger partial charge in [-0.2, -0.15) is 0 Å². The summed E-state index contributed by atoms with van der Waals surface area (Å²) >= 11 is 0. The van der Waals surface area contributed by atoms with Crippen molar-refractivity contribution in [1.29, 1.82) is 0 Å². The molecule has 5 nitrogen and oxygen atoms in total. The Morgan fingerprint density at radius 1 is 1.00 bits per heavy atom. The van der Waals surface area contributed by atoms with Crippen LogP contribution in [0.4, 0.5) is 0 Å². The highest BCUT2D eigenvalue weighted by Crippen LogP contribution is 2.35. The normalized spacial score (nSPS) is 21.0. The van der Waals surface area contributed by atoms with Crippen molar-refractivity contribution in [2.24, 2.45) is 11.8 Å². The van der Waals surface area contributed by atoms with Crippen LogP contribution in [0.3, 0.4) is 0 Å². The molecule has 1 aliphatic heterocycles. The predicted molar refractivity (Wildman–Crippen MR) is 110 cm³/mol. The van der Waals surface area contributed by atoms with Crippen LogP contribution in [0.5, 0.6) is 0 Å². The monoisotopic (exact) mass is 390 g/mol. The molecule has 29 heavy (non-hydrogen) atoms. The molecule has 2 amide bonds. The van der Waals surface area contributed by atoms with Gasteiger partial charge >= 0.3 is 0 Å². The van der Waals surface area contributed by atoms with Crippen LogP contribution < -0.4 is 0 Å². The standard InChI is InChI=1S/C24H26N2O3/c1-16-14-21(17(2)25(16)13-12-18-8-4-3-5-9-18)22(27)15-26-23(28)19-10-6-7-11-20(19)24(26)29/h3-9,14,19-20H,10-13,15H2,1-2H3/t19-,20+. The van der Waals surface area contributed by atoms with Crippen LogP contribution in [-0.4, -0.2) is 33.6 Å². The first kappa shape index (κ1) is 19.4. The fraction of sp³-hybridized carbons (Fsp3) is 0.375. The van der Waals surface area contributed by atoms with E-state index in [-0.39, 0.29) is 36.0 Å². The lowest BCUT2D eigenvalue weighted by atomic mass is 9.85. The van der Waals surface area contributed by atoms with Crippen LogP contribution in [0.2, 0.25) is 0 Å². The Hall–Kier alpha value is -2.95. The zero-order chi connectivity index (χ0) is 20.5. The molecule has 0 radical (unpaired) electrons. The van der Waals surface area contributed by atoms with Crippen LogP contribution in [0.1, 0.15) is 40.2 Å². The SMILES string of the molecule is Cc1cc(C(=O)CN2C(=O)[C@H]3CC=CC[C@H]3C2=O)c(C)n1CCc1ccccc1. The van der Waals surface area contributed by atoms with Crippen molar-refractivity contribution in [3.05, 3.63) is 71.1 Å². The van der Waals surface area contributed by atoms with E-state index in [1.165, 1.54) is 10.5 Å². The number of imide groups is 1. The molecule has 1 fully saturated rings. The highest BCUT2D eigenvalue weighted by atomic mass is 16.2. The van der Waals surface area contributed by atoms with Crippen LogP contribution in [-0.2, 0) is 22.6 Å². The molecule has 2 aromatic rings. The summed E-state index contributed by atoms with van der Waals surface area (Å²) in [7, 11) is 0. The minimum atomic E-state index is -0.293. The number of Topliss-reactive ketones (excluding diaryl/α,β-unsaturated/α-hetero) is 1.